The Bertz CT molecular complexity index is 540. The zero-order valence-corrected chi connectivity index (χ0v) is 11.3. The van der Waals surface area contributed by atoms with Gasteiger partial charge in [0.05, 0.1) is 4.92 Å². The normalized spacial score (nSPS) is 11.6. The number of nitrogens with one attached hydrogen (secondary N) is 1. The van der Waals surface area contributed by atoms with Crippen molar-refractivity contribution in [1.82, 2.24) is 15.1 Å². The molecule has 0 aliphatic rings. The molecule has 1 atom stereocenters. The number of carbonyl (C=O) groups is 2. The number of aliphatic carboxylic acids is 1. The summed E-state index contributed by atoms with van der Waals surface area (Å²) in [5, 5.41) is 25.6. The molecule has 0 aromatic carbocycles. The lowest BCUT2D eigenvalue weighted by atomic mass is 10.1. The predicted molar refractivity (Wildman–Crippen MR) is 72.5 cm³/mol. The van der Waals surface area contributed by atoms with Crippen molar-refractivity contribution in [3.63, 3.8) is 0 Å². The zero-order valence-electron chi connectivity index (χ0n) is 11.3. The van der Waals surface area contributed by atoms with Crippen LogP contribution in [0.15, 0.2) is 25.0 Å². The number of aryl methyl sites for hydroxylation is 1. The number of allylic oxidation sites excluding steroid dienone is 1. The molecule has 1 heterocycles. The van der Waals surface area contributed by atoms with E-state index in [2.05, 4.69) is 17.0 Å². The van der Waals surface area contributed by atoms with Gasteiger partial charge < -0.3 is 10.4 Å². The number of hydrogen-bond donors (Lipinski definition) is 2. The van der Waals surface area contributed by atoms with Crippen LogP contribution in [0, 0.1) is 10.1 Å². The molecule has 114 valence electrons. The Morgan fingerprint density at radius 2 is 2.33 bits per heavy atom. The largest absolute Gasteiger partial charge is 0.480 e. The summed E-state index contributed by atoms with van der Waals surface area (Å²) in [6, 6.07) is -0.970. The van der Waals surface area contributed by atoms with Crippen LogP contribution in [0.5, 0.6) is 0 Å². The topological polar surface area (TPSA) is 127 Å². The van der Waals surface area contributed by atoms with E-state index in [0.717, 1.165) is 6.20 Å². The van der Waals surface area contributed by atoms with E-state index in [9.17, 15) is 19.7 Å². The van der Waals surface area contributed by atoms with Crippen LogP contribution >= 0.6 is 0 Å². The fraction of sp³-hybridized carbons (Fsp3) is 0.417. The van der Waals surface area contributed by atoms with Crippen LogP contribution in [-0.4, -0.2) is 37.7 Å². The van der Waals surface area contributed by atoms with E-state index in [1.54, 1.807) is 6.08 Å². The Hall–Kier alpha value is -2.71. The summed E-state index contributed by atoms with van der Waals surface area (Å²) in [6.07, 6.45) is 4.59. The molecule has 0 aliphatic carbocycles. The second-order valence-corrected chi connectivity index (χ2v) is 4.29. The van der Waals surface area contributed by atoms with E-state index in [-0.39, 0.29) is 25.1 Å². The highest BCUT2D eigenvalue weighted by molar-refractivity contribution is 5.83. The molecule has 1 aromatic heterocycles. The molecular formula is C12H16N4O5. The van der Waals surface area contributed by atoms with Gasteiger partial charge in [-0.15, -0.1) is 6.58 Å². The van der Waals surface area contributed by atoms with Gasteiger partial charge in [-0.25, -0.2) is 4.79 Å². The average molecular weight is 296 g/mol. The van der Waals surface area contributed by atoms with Crippen LogP contribution in [0.3, 0.4) is 0 Å². The quantitative estimate of drug-likeness (QED) is 0.392. The van der Waals surface area contributed by atoms with Crippen molar-refractivity contribution < 1.29 is 19.6 Å². The van der Waals surface area contributed by atoms with Crippen LogP contribution in [0.4, 0.5) is 5.69 Å². The molecule has 2 N–H and O–H groups in total. The van der Waals surface area contributed by atoms with Crippen LogP contribution in [0.25, 0.3) is 0 Å². The zero-order chi connectivity index (χ0) is 15.8. The molecule has 1 aromatic rings. The van der Waals surface area contributed by atoms with Gasteiger partial charge in [-0.3, -0.25) is 19.6 Å². The van der Waals surface area contributed by atoms with E-state index in [1.165, 1.54) is 10.9 Å². The lowest BCUT2D eigenvalue weighted by Crippen LogP contribution is -2.40. The van der Waals surface area contributed by atoms with E-state index < -0.39 is 22.8 Å². The van der Waals surface area contributed by atoms with Crippen molar-refractivity contribution in [3.05, 3.63) is 35.2 Å². The summed E-state index contributed by atoms with van der Waals surface area (Å²) in [4.78, 5) is 32.5. The number of carboxylic acid groups (broad SMARTS) is 1. The molecule has 0 bridgehead atoms. The van der Waals surface area contributed by atoms with Crippen molar-refractivity contribution in [2.45, 2.75) is 31.8 Å². The average Bonchev–Trinajstić information content (AvgIpc) is 2.90. The van der Waals surface area contributed by atoms with E-state index >= 15 is 0 Å². The van der Waals surface area contributed by atoms with Gasteiger partial charge >= 0.3 is 11.7 Å². The number of carbonyl (C=O) groups excluding carboxylic acids is 1. The third kappa shape index (κ3) is 5.43. The summed E-state index contributed by atoms with van der Waals surface area (Å²) < 4.78 is 1.26. The lowest BCUT2D eigenvalue weighted by molar-refractivity contribution is -0.385. The molecule has 0 aliphatic heterocycles. The first kappa shape index (κ1) is 16.3. The fourth-order valence-corrected chi connectivity index (χ4v) is 1.59. The van der Waals surface area contributed by atoms with Crippen molar-refractivity contribution in [3.8, 4) is 0 Å². The van der Waals surface area contributed by atoms with Gasteiger partial charge in [0.2, 0.25) is 5.91 Å². The number of hydrogen-bond acceptors (Lipinski definition) is 5. The molecule has 0 radical (unpaired) electrons. The van der Waals surface area contributed by atoms with Crippen molar-refractivity contribution in [2.24, 2.45) is 0 Å². The second-order valence-electron chi connectivity index (χ2n) is 4.29. The highest BCUT2D eigenvalue weighted by atomic mass is 16.6. The van der Waals surface area contributed by atoms with E-state index in [4.69, 9.17) is 5.11 Å². The van der Waals surface area contributed by atoms with Gasteiger partial charge in [0.15, 0.2) is 0 Å². The molecule has 0 fully saturated rings. The van der Waals surface area contributed by atoms with E-state index in [0.29, 0.717) is 6.42 Å². The molecule has 21 heavy (non-hydrogen) atoms. The molecule has 0 spiro atoms. The van der Waals surface area contributed by atoms with Crippen molar-refractivity contribution >= 4 is 17.6 Å². The first-order chi connectivity index (χ1) is 9.93. The summed E-state index contributed by atoms with van der Waals surface area (Å²) >= 11 is 0. The van der Waals surface area contributed by atoms with Crippen LogP contribution in [-0.2, 0) is 16.1 Å². The SMILES string of the molecule is C=CCCC(NC(=O)CCn1cc([N+](=O)[O-])cn1)C(=O)O. The molecule has 1 amide bonds. The molecule has 0 saturated carbocycles. The third-order valence-corrected chi connectivity index (χ3v) is 2.69. The maximum absolute atomic E-state index is 11.7. The van der Waals surface area contributed by atoms with Crippen LogP contribution in [0.2, 0.25) is 0 Å². The Morgan fingerprint density at radius 1 is 1.62 bits per heavy atom. The second kappa shape index (κ2) is 7.78. The van der Waals surface area contributed by atoms with Gasteiger partial charge in [0, 0.05) is 13.0 Å². The van der Waals surface area contributed by atoms with Gasteiger partial charge in [-0.1, -0.05) is 6.08 Å². The Kier molecular flexibility index (Phi) is 6.05. The van der Waals surface area contributed by atoms with Gasteiger partial charge in [0.25, 0.3) is 0 Å². The first-order valence-corrected chi connectivity index (χ1v) is 6.24. The predicted octanol–water partition coefficient (Wildman–Crippen LogP) is 0.717. The molecule has 9 heteroatoms. The minimum Gasteiger partial charge on any atom is -0.480 e. The fourth-order valence-electron chi connectivity index (χ4n) is 1.59. The maximum Gasteiger partial charge on any atom is 0.326 e. The standard InChI is InChI=1S/C12H16N4O5/c1-2-3-4-10(12(18)19)14-11(17)5-6-15-8-9(7-13-15)16(20)21/h2,7-8,10H,1,3-6H2,(H,14,17)(H,18,19). The summed E-state index contributed by atoms with van der Waals surface area (Å²) in [5.41, 5.74) is -0.162. The molecule has 1 rings (SSSR count). The minimum absolute atomic E-state index is 0.0172. The third-order valence-electron chi connectivity index (χ3n) is 2.69. The maximum atomic E-state index is 11.7. The van der Waals surface area contributed by atoms with Crippen molar-refractivity contribution in [2.75, 3.05) is 0 Å². The van der Waals surface area contributed by atoms with Crippen molar-refractivity contribution in [1.29, 1.82) is 0 Å². The minimum atomic E-state index is -1.11. The summed E-state index contributed by atoms with van der Waals surface area (Å²) in [5.74, 6) is -1.57. The number of aromatic nitrogens is 2. The molecule has 0 saturated heterocycles. The number of carboxylic acids is 1. The van der Waals surface area contributed by atoms with Gasteiger partial charge in [-0.05, 0) is 12.8 Å². The Morgan fingerprint density at radius 3 is 2.86 bits per heavy atom. The number of rotatable bonds is 9. The van der Waals surface area contributed by atoms with Gasteiger partial charge in [0.1, 0.15) is 18.4 Å². The first-order valence-electron chi connectivity index (χ1n) is 6.24. The summed E-state index contributed by atoms with van der Waals surface area (Å²) in [6.45, 7) is 3.62. The monoisotopic (exact) mass is 296 g/mol. The Balaban J connectivity index is 2.46. The van der Waals surface area contributed by atoms with Crippen LogP contribution < -0.4 is 5.32 Å². The molecule has 9 nitrogen and oxygen atoms in total. The molecule has 1 unspecified atom stereocenters. The number of nitrogens with zero attached hydrogens (tertiary/aromatic N) is 3. The van der Waals surface area contributed by atoms with Crippen LogP contribution in [0.1, 0.15) is 19.3 Å². The smallest absolute Gasteiger partial charge is 0.326 e. The van der Waals surface area contributed by atoms with Gasteiger partial charge in [-0.2, -0.15) is 5.10 Å². The number of amides is 1. The Labute approximate surface area is 120 Å². The highest BCUT2D eigenvalue weighted by Gasteiger charge is 2.19. The highest BCUT2D eigenvalue weighted by Crippen LogP contribution is 2.08. The lowest BCUT2D eigenvalue weighted by Gasteiger charge is -2.13. The summed E-state index contributed by atoms with van der Waals surface area (Å²) in [7, 11) is 0. The van der Waals surface area contributed by atoms with E-state index in [1.807, 2.05) is 0 Å². The molecular weight excluding hydrogens is 280 g/mol. The number of nitro groups is 1.